The van der Waals surface area contributed by atoms with E-state index in [1.807, 2.05) is 19.2 Å². The number of amides is 1. The summed E-state index contributed by atoms with van der Waals surface area (Å²) in [5.74, 6) is -0.620. The highest BCUT2D eigenvalue weighted by atomic mass is 19.1. The highest BCUT2D eigenvalue weighted by molar-refractivity contribution is 5.76. The lowest BCUT2D eigenvalue weighted by Gasteiger charge is -2.38. The van der Waals surface area contributed by atoms with Crippen LogP contribution in [0.3, 0.4) is 0 Å². The first-order valence-corrected chi connectivity index (χ1v) is 8.09. The fourth-order valence-electron chi connectivity index (χ4n) is 3.08. The summed E-state index contributed by atoms with van der Waals surface area (Å²) >= 11 is 0. The standard InChI is InChI=1S/C17H21FN4O2/c1-13-4-9-22(20-13)10-5-15(23)21-11-6-17(24,7-12-21)14-3-2-8-19-16(14)18/h2-4,8-9,24H,5-7,10-12H2,1H3. The molecule has 2 aromatic heterocycles. The van der Waals surface area contributed by atoms with Crippen LogP contribution in [0.15, 0.2) is 30.6 Å². The van der Waals surface area contributed by atoms with E-state index < -0.39 is 11.5 Å². The number of halogens is 1. The largest absolute Gasteiger partial charge is 0.385 e. The van der Waals surface area contributed by atoms with Crippen LogP contribution < -0.4 is 0 Å². The molecule has 3 rings (SSSR count). The first-order chi connectivity index (χ1) is 11.5. The molecule has 3 heterocycles. The van der Waals surface area contributed by atoms with Crippen LogP contribution in [0.5, 0.6) is 0 Å². The summed E-state index contributed by atoms with van der Waals surface area (Å²) in [6.07, 6.45) is 4.19. The lowest BCUT2D eigenvalue weighted by molar-refractivity contribution is -0.136. The zero-order chi connectivity index (χ0) is 17.2. The van der Waals surface area contributed by atoms with Crippen molar-refractivity contribution in [2.24, 2.45) is 0 Å². The van der Waals surface area contributed by atoms with Crippen molar-refractivity contribution in [2.75, 3.05) is 13.1 Å². The molecular formula is C17H21FN4O2. The van der Waals surface area contributed by atoms with Gasteiger partial charge in [0.25, 0.3) is 0 Å². The Bertz CT molecular complexity index is 723. The van der Waals surface area contributed by atoms with Gasteiger partial charge in [-0.25, -0.2) is 4.98 Å². The van der Waals surface area contributed by atoms with Crippen molar-refractivity contribution in [3.8, 4) is 0 Å². The zero-order valence-electron chi connectivity index (χ0n) is 13.7. The first-order valence-electron chi connectivity index (χ1n) is 8.09. The fourth-order valence-corrected chi connectivity index (χ4v) is 3.08. The molecule has 0 saturated carbocycles. The summed E-state index contributed by atoms with van der Waals surface area (Å²) in [5, 5.41) is 15.0. The molecule has 0 aromatic carbocycles. The predicted octanol–water partition coefficient (Wildman–Crippen LogP) is 1.63. The molecular weight excluding hydrogens is 311 g/mol. The quantitative estimate of drug-likeness (QED) is 0.864. The number of aliphatic hydroxyl groups is 1. The Morgan fingerprint density at radius 1 is 1.38 bits per heavy atom. The number of aromatic nitrogens is 3. The van der Waals surface area contributed by atoms with Gasteiger partial charge in [-0.1, -0.05) is 6.07 Å². The summed E-state index contributed by atoms with van der Waals surface area (Å²) in [7, 11) is 0. The van der Waals surface area contributed by atoms with Crippen LogP contribution in [-0.2, 0) is 16.9 Å². The summed E-state index contributed by atoms with van der Waals surface area (Å²) in [4.78, 5) is 17.6. The highest BCUT2D eigenvalue weighted by Crippen LogP contribution is 2.33. The predicted molar refractivity (Wildman–Crippen MR) is 85.5 cm³/mol. The number of hydrogen-bond acceptors (Lipinski definition) is 4. The minimum atomic E-state index is -1.26. The van der Waals surface area contributed by atoms with Crippen molar-refractivity contribution in [2.45, 2.75) is 38.3 Å². The summed E-state index contributed by atoms with van der Waals surface area (Å²) in [5.41, 5.74) is -0.123. The van der Waals surface area contributed by atoms with Crippen molar-refractivity contribution in [3.05, 3.63) is 47.8 Å². The van der Waals surface area contributed by atoms with Gasteiger partial charge < -0.3 is 10.0 Å². The van der Waals surface area contributed by atoms with Crippen LogP contribution in [0.4, 0.5) is 4.39 Å². The number of pyridine rings is 1. The van der Waals surface area contributed by atoms with E-state index in [1.165, 1.54) is 6.20 Å². The Balaban J connectivity index is 1.56. The molecule has 1 N–H and O–H groups in total. The Labute approximate surface area is 139 Å². The molecule has 2 aromatic rings. The number of carbonyl (C=O) groups excluding carboxylic acids is 1. The van der Waals surface area contributed by atoms with Crippen molar-refractivity contribution in [1.29, 1.82) is 0 Å². The normalized spacial score (nSPS) is 17.0. The van der Waals surface area contributed by atoms with E-state index in [1.54, 1.807) is 21.7 Å². The molecule has 1 amide bonds. The second-order valence-corrected chi connectivity index (χ2v) is 6.22. The molecule has 0 bridgehead atoms. The van der Waals surface area contributed by atoms with Gasteiger partial charge in [0.1, 0.15) is 0 Å². The number of piperidine rings is 1. The molecule has 0 unspecified atom stereocenters. The second kappa shape index (κ2) is 6.68. The van der Waals surface area contributed by atoms with Gasteiger partial charge in [-0.15, -0.1) is 0 Å². The summed E-state index contributed by atoms with van der Waals surface area (Å²) < 4.78 is 15.6. The molecule has 7 heteroatoms. The van der Waals surface area contributed by atoms with E-state index in [9.17, 15) is 14.3 Å². The van der Waals surface area contributed by atoms with Gasteiger partial charge in [-0.2, -0.15) is 9.49 Å². The van der Waals surface area contributed by atoms with Gasteiger partial charge in [-0.3, -0.25) is 9.48 Å². The number of hydrogen-bond donors (Lipinski definition) is 1. The SMILES string of the molecule is Cc1ccn(CCC(=O)N2CCC(O)(c3cccnc3F)CC2)n1. The second-order valence-electron chi connectivity index (χ2n) is 6.22. The molecule has 1 saturated heterocycles. The number of aryl methyl sites for hydroxylation is 2. The zero-order valence-corrected chi connectivity index (χ0v) is 13.7. The molecule has 6 nitrogen and oxygen atoms in total. The third-order valence-corrected chi connectivity index (χ3v) is 4.53. The van der Waals surface area contributed by atoms with Crippen molar-refractivity contribution in [3.63, 3.8) is 0 Å². The summed E-state index contributed by atoms with van der Waals surface area (Å²) in [6.45, 7) is 3.25. The third-order valence-electron chi connectivity index (χ3n) is 4.53. The van der Waals surface area contributed by atoms with Crippen molar-refractivity contribution < 1.29 is 14.3 Å². The van der Waals surface area contributed by atoms with Gasteiger partial charge in [-0.05, 0) is 31.9 Å². The maximum absolute atomic E-state index is 13.8. The fraction of sp³-hybridized carbons (Fsp3) is 0.471. The van der Waals surface area contributed by atoms with E-state index in [0.29, 0.717) is 38.9 Å². The molecule has 128 valence electrons. The van der Waals surface area contributed by atoms with E-state index in [2.05, 4.69) is 10.1 Å². The van der Waals surface area contributed by atoms with Gasteiger partial charge in [0.2, 0.25) is 11.9 Å². The Morgan fingerprint density at radius 3 is 2.75 bits per heavy atom. The van der Waals surface area contributed by atoms with E-state index >= 15 is 0 Å². The van der Waals surface area contributed by atoms with Crippen LogP contribution in [0.2, 0.25) is 0 Å². The van der Waals surface area contributed by atoms with Crippen molar-refractivity contribution >= 4 is 5.91 Å². The summed E-state index contributed by atoms with van der Waals surface area (Å²) in [6, 6.07) is 5.06. The highest BCUT2D eigenvalue weighted by Gasteiger charge is 2.37. The molecule has 1 fully saturated rings. The average molecular weight is 332 g/mol. The molecule has 24 heavy (non-hydrogen) atoms. The number of carbonyl (C=O) groups is 1. The maximum Gasteiger partial charge on any atom is 0.224 e. The molecule has 0 spiro atoms. The van der Waals surface area contributed by atoms with Gasteiger partial charge >= 0.3 is 0 Å². The Hall–Kier alpha value is -2.28. The molecule has 1 aliphatic rings. The lowest BCUT2D eigenvalue weighted by atomic mass is 9.85. The van der Waals surface area contributed by atoms with Crippen molar-refractivity contribution in [1.82, 2.24) is 19.7 Å². The lowest BCUT2D eigenvalue weighted by Crippen LogP contribution is -2.45. The van der Waals surface area contributed by atoms with Crippen LogP contribution in [0, 0.1) is 12.9 Å². The Kier molecular flexibility index (Phi) is 4.62. The monoisotopic (exact) mass is 332 g/mol. The molecule has 0 aliphatic carbocycles. The number of rotatable bonds is 4. The van der Waals surface area contributed by atoms with Crippen LogP contribution in [0.1, 0.15) is 30.5 Å². The van der Waals surface area contributed by atoms with Gasteiger partial charge in [0.15, 0.2) is 0 Å². The average Bonchev–Trinajstić information content (AvgIpc) is 2.99. The van der Waals surface area contributed by atoms with E-state index in [4.69, 9.17) is 0 Å². The molecule has 0 radical (unpaired) electrons. The van der Waals surface area contributed by atoms with Gasteiger partial charge in [0.05, 0.1) is 11.3 Å². The van der Waals surface area contributed by atoms with Crippen LogP contribution in [0.25, 0.3) is 0 Å². The van der Waals surface area contributed by atoms with Crippen LogP contribution >= 0.6 is 0 Å². The minimum absolute atomic E-state index is 0.0249. The Morgan fingerprint density at radius 2 is 2.12 bits per heavy atom. The minimum Gasteiger partial charge on any atom is -0.385 e. The van der Waals surface area contributed by atoms with Gasteiger partial charge in [0, 0.05) is 44.0 Å². The third kappa shape index (κ3) is 3.46. The number of nitrogens with zero attached hydrogens (tertiary/aromatic N) is 4. The number of likely N-dealkylation sites (tertiary alicyclic amines) is 1. The topological polar surface area (TPSA) is 71.2 Å². The molecule has 0 atom stereocenters. The van der Waals surface area contributed by atoms with Crippen LogP contribution in [-0.4, -0.2) is 43.8 Å². The first kappa shape index (κ1) is 16.6. The van der Waals surface area contributed by atoms with E-state index in [-0.39, 0.29) is 11.5 Å². The van der Waals surface area contributed by atoms with E-state index in [0.717, 1.165) is 5.69 Å². The molecule has 1 aliphatic heterocycles. The maximum atomic E-state index is 13.8. The smallest absolute Gasteiger partial charge is 0.224 e.